The second-order valence-electron chi connectivity index (χ2n) is 7.36. The first kappa shape index (κ1) is 18.3. The number of nitrogens with one attached hydrogen (secondary N) is 2. The Morgan fingerprint density at radius 3 is 2.39 bits per heavy atom. The van der Waals surface area contributed by atoms with Crippen molar-refractivity contribution < 1.29 is 0 Å². The molecule has 0 amide bonds. The third-order valence-electron chi connectivity index (χ3n) is 5.30. The molecule has 2 N–H and O–H groups in total. The highest BCUT2D eigenvalue weighted by molar-refractivity contribution is 5.59. The number of nitrogens with zero attached hydrogens (tertiary/aromatic N) is 2. The summed E-state index contributed by atoms with van der Waals surface area (Å²) in [6.07, 6.45) is 4.44. The molecule has 1 aromatic heterocycles. The van der Waals surface area contributed by atoms with Crippen LogP contribution in [0.3, 0.4) is 0 Å². The van der Waals surface area contributed by atoms with Crippen LogP contribution in [0, 0.1) is 6.92 Å². The molecule has 1 aliphatic heterocycles. The van der Waals surface area contributed by atoms with E-state index in [1.807, 2.05) is 49.4 Å². The molecule has 3 aromatic rings. The lowest BCUT2D eigenvalue weighted by molar-refractivity contribution is 0.578. The monoisotopic (exact) mass is 374 g/mol. The Morgan fingerprint density at radius 2 is 1.71 bits per heavy atom. The fourth-order valence-electron chi connectivity index (χ4n) is 3.72. The molecule has 5 nitrogen and oxygen atoms in total. The number of aromatic amines is 1. The summed E-state index contributed by atoms with van der Waals surface area (Å²) in [4.78, 5) is 22.4. The first-order valence-corrected chi connectivity index (χ1v) is 9.95. The predicted molar refractivity (Wildman–Crippen MR) is 115 cm³/mol. The van der Waals surface area contributed by atoms with E-state index in [1.165, 1.54) is 24.9 Å². The topological polar surface area (TPSA) is 61.0 Å². The fourth-order valence-corrected chi connectivity index (χ4v) is 3.72. The molecule has 144 valence electrons. The zero-order valence-corrected chi connectivity index (χ0v) is 16.2. The molecule has 0 spiro atoms. The summed E-state index contributed by atoms with van der Waals surface area (Å²) >= 11 is 0. The first-order chi connectivity index (χ1) is 13.7. The average Bonchev–Trinajstić information content (AvgIpc) is 2.73. The maximum atomic E-state index is 12.6. The lowest BCUT2D eigenvalue weighted by atomic mass is 10.1. The van der Waals surface area contributed by atoms with Gasteiger partial charge >= 0.3 is 0 Å². The van der Waals surface area contributed by atoms with Crippen LogP contribution in [0.1, 0.15) is 36.1 Å². The van der Waals surface area contributed by atoms with Crippen LogP contribution in [0.4, 0.5) is 17.3 Å². The molecule has 5 heteroatoms. The van der Waals surface area contributed by atoms with Crippen LogP contribution in [0.2, 0.25) is 0 Å². The van der Waals surface area contributed by atoms with Crippen LogP contribution in [0.25, 0.3) is 0 Å². The highest BCUT2D eigenvalue weighted by atomic mass is 16.1. The highest BCUT2D eigenvalue weighted by Crippen LogP contribution is 2.23. The van der Waals surface area contributed by atoms with Gasteiger partial charge in [0.1, 0.15) is 0 Å². The third kappa shape index (κ3) is 4.25. The molecule has 0 radical (unpaired) electrons. The molecule has 0 aliphatic carbocycles. The minimum Gasteiger partial charge on any atom is -0.372 e. The second-order valence-corrected chi connectivity index (χ2v) is 7.36. The predicted octanol–water partition coefficient (Wildman–Crippen LogP) is 4.40. The van der Waals surface area contributed by atoms with E-state index in [-0.39, 0.29) is 5.56 Å². The van der Waals surface area contributed by atoms with E-state index in [0.29, 0.717) is 17.9 Å². The van der Waals surface area contributed by atoms with Crippen molar-refractivity contribution in [1.29, 1.82) is 0 Å². The van der Waals surface area contributed by atoms with Gasteiger partial charge in [-0.25, -0.2) is 4.98 Å². The highest BCUT2D eigenvalue weighted by Gasteiger charge is 2.12. The number of aryl methyl sites for hydroxylation is 1. The largest absolute Gasteiger partial charge is 0.372 e. The quantitative estimate of drug-likeness (QED) is 0.695. The Labute approximate surface area is 165 Å². The summed E-state index contributed by atoms with van der Waals surface area (Å²) in [6.45, 7) is 4.14. The summed E-state index contributed by atoms with van der Waals surface area (Å²) in [6, 6.07) is 18.3. The molecule has 0 unspecified atom stereocenters. The van der Waals surface area contributed by atoms with Crippen molar-refractivity contribution in [2.24, 2.45) is 0 Å². The Morgan fingerprint density at radius 1 is 1.00 bits per heavy atom. The molecule has 2 heterocycles. The van der Waals surface area contributed by atoms with Crippen molar-refractivity contribution in [2.75, 3.05) is 23.3 Å². The fraction of sp³-hybridized carbons (Fsp3) is 0.304. The van der Waals surface area contributed by atoms with Gasteiger partial charge in [-0.3, -0.25) is 9.78 Å². The van der Waals surface area contributed by atoms with Crippen LogP contribution in [-0.2, 0) is 6.42 Å². The Kier molecular flexibility index (Phi) is 5.42. The van der Waals surface area contributed by atoms with Crippen LogP contribution in [0.5, 0.6) is 0 Å². The van der Waals surface area contributed by atoms with Gasteiger partial charge in [-0.2, -0.15) is 0 Å². The Balaban J connectivity index is 1.48. The Bertz CT molecular complexity index is 974. The van der Waals surface area contributed by atoms with Crippen molar-refractivity contribution in [3.8, 4) is 0 Å². The maximum Gasteiger partial charge on any atom is 0.256 e. The van der Waals surface area contributed by atoms with Gasteiger partial charge in [0.2, 0.25) is 5.95 Å². The molecular weight excluding hydrogens is 348 g/mol. The normalized spacial score (nSPS) is 14.1. The number of anilines is 3. The molecule has 1 saturated heterocycles. The molecule has 2 aromatic carbocycles. The SMILES string of the molecule is Cc1nc(Nc2ccc(N3CCCCC3)cc2)[nH]c(=O)c1Cc1ccccc1. The van der Waals surface area contributed by atoms with Gasteiger partial charge in [0.15, 0.2) is 0 Å². The number of piperidine rings is 1. The lowest BCUT2D eigenvalue weighted by Crippen LogP contribution is -2.29. The summed E-state index contributed by atoms with van der Waals surface area (Å²) in [7, 11) is 0. The van der Waals surface area contributed by atoms with E-state index in [2.05, 4.69) is 32.3 Å². The summed E-state index contributed by atoms with van der Waals surface area (Å²) in [5, 5.41) is 3.22. The summed E-state index contributed by atoms with van der Waals surface area (Å²) in [5.41, 5.74) is 4.63. The standard InChI is InChI=1S/C23H26N4O/c1-17-21(16-18-8-4-2-5-9-18)22(28)26-23(24-17)25-19-10-12-20(13-11-19)27-14-6-3-7-15-27/h2,4-5,8-13H,3,6-7,14-16H2,1H3,(H2,24,25,26,28). The number of aromatic nitrogens is 2. The molecule has 0 atom stereocenters. The zero-order chi connectivity index (χ0) is 19.3. The number of H-pyrrole nitrogens is 1. The third-order valence-corrected chi connectivity index (χ3v) is 5.30. The van der Waals surface area contributed by atoms with Crippen molar-refractivity contribution in [1.82, 2.24) is 9.97 Å². The van der Waals surface area contributed by atoms with E-state index >= 15 is 0 Å². The van der Waals surface area contributed by atoms with E-state index in [1.54, 1.807) is 0 Å². The van der Waals surface area contributed by atoms with Gasteiger partial charge in [0.05, 0.1) is 5.69 Å². The van der Waals surface area contributed by atoms with Gasteiger partial charge in [-0.15, -0.1) is 0 Å². The smallest absolute Gasteiger partial charge is 0.256 e. The van der Waals surface area contributed by atoms with Crippen LogP contribution >= 0.6 is 0 Å². The molecule has 1 aliphatic rings. The molecule has 4 rings (SSSR count). The van der Waals surface area contributed by atoms with Crippen molar-refractivity contribution in [3.05, 3.63) is 81.8 Å². The molecule has 0 saturated carbocycles. The summed E-state index contributed by atoms with van der Waals surface area (Å²) < 4.78 is 0. The lowest BCUT2D eigenvalue weighted by Gasteiger charge is -2.28. The van der Waals surface area contributed by atoms with E-state index in [0.717, 1.165) is 30.0 Å². The molecule has 1 fully saturated rings. The van der Waals surface area contributed by atoms with E-state index in [4.69, 9.17) is 0 Å². The van der Waals surface area contributed by atoms with Crippen molar-refractivity contribution in [2.45, 2.75) is 32.6 Å². The van der Waals surface area contributed by atoms with E-state index < -0.39 is 0 Å². The Hall–Kier alpha value is -3.08. The minimum atomic E-state index is -0.0937. The number of hydrogen-bond donors (Lipinski definition) is 2. The van der Waals surface area contributed by atoms with Crippen molar-refractivity contribution in [3.63, 3.8) is 0 Å². The van der Waals surface area contributed by atoms with Gasteiger partial charge in [-0.05, 0) is 56.0 Å². The average molecular weight is 374 g/mol. The van der Waals surface area contributed by atoms with E-state index in [9.17, 15) is 4.79 Å². The van der Waals surface area contributed by atoms with Gasteiger partial charge in [-0.1, -0.05) is 30.3 Å². The second kappa shape index (κ2) is 8.30. The number of rotatable bonds is 5. The molecule has 28 heavy (non-hydrogen) atoms. The number of hydrogen-bond acceptors (Lipinski definition) is 4. The van der Waals surface area contributed by atoms with Crippen LogP contribution < -0.4 is 15.8 Å². The van der Waals surface area contributed by atoms with Crippen LogP contribution in [-0.4, -0.2) is 23.1 Å². The van der Waals surface area contributed by atoms with Crippen molar-refractivity contribution >= 4 is 17.3 Å². The van der Waals surface area contributed by atoms with Gasteiger partial charge < -0.3 is 10.2 Å². The van der Waals surface area contributed by atoms with Gasteiger partial charge in [0.25, 0.3) is 5.56 Å². The van der Waals surface area contributed by atoms with Gasteiger partial charge in [0, 0.05) is 36.4 Å². The molecular formula is C23H26N4O. The minimum absolute atomic E-state index is 0.0937. The summed E-state index contributed by atoms with van der Waals surface area (Å²) in [5.74, 6) is 0.477. The number of benzene rings is 2. The zero-order valence-electron chi connectivity index (χ0n) is 16.2. The van der Waals surface area contributed by atoms with Crippen LogP contribution in [0.15, 0.2) is 59.4 Å². The molecule has 0 bridgehead atoms. The maximum absolute atomic E-state index is 12.6. The first-order valence-electron chi connectivity index (χ1n) is 9.95.